The first-order valence-electron chi connectivity index (χ1n) is 8.43. The molecule has 2 amide bonds. The lowest BCUT2D eigenvalue weighted by Gasteiger charge is -2.29. The molecule has 2 heterocycles. The van der Waals surface area contributed by atoms with Crippen LogP contribution in [0.1, 0.15) is 44.6 Å². The van der Waals surface area contributed by atoms with Gasteiger partial charge in [-0.1, -0.05) is 6.42 Å². The summed E-state index contributed by atoms with van der Waals surface area (Å²) in [5.74, 6) is 1.19. The molecule has 1 saturated heterocycles. The highest BCUT2D eigenvalue weighted by atomic mass is 16.4. The molecule has 1 aliphatic heterocycles. The Hall–Kier alpha value is -1.53. The maximum Gasteiger partial charge on any atom is 0.315 e. The predicted octanol–water partition coefficient (Wildman–Crippen LogP) is 1.97. The summed E-state index contributed by atoms with van der Waals surface area (Å²) in [4.78, 5) is 14.4. The molecule has 1 aliphatic rings. The maximum absolute atomic E-state index is 12.0. The van der Waals surface area contributed by atoms with Crippen LogP contribution in [0.4, 0.5) is 4.79 Å². The third kappa shape index (κ3) is 5.55. The molecule has 6 nitrogen and oxygen atoms in total. The molecule has 1 aromatic rings. The highest BCUT2D eigenvalue weighted by Crippen LogP contribution is 2.21. The van der Waals surface area contributed by atoms with Crippen LogP contribution in [-0.2, 0) is 5.60 Å². The van der Waals surface area contributed by atoms with Gasteiger partial charge in [-0.2, -0.15) is 0 Å². The number of hydrogen-bond donors (Lipinski definition) is 3. The van der Waals surface area contributed by atoms with Gasteiger partial charge >= 0.3 is 6.03 Å². The van der Waals surface area contributed by atoms with Crippen LogP contribution in [0.3, 0.4) is 0 Å². The van der Waals surface area contributed by atoms with Crippen molar-refractivity contribution in [3.05, 3.63) is 23.7 Å². The second kappa shape index (κ2) is 7.84. The van der Waals surface area contributed by atoms with Crippen LogP contribution >= 0.6 is 0 Å². The smallest absolute Gasteiger partial charge is 0.315 e. The lowest BCUT2D eigenvalue weighted by molar-refractivity contribution is 0.0358. The summed E-state index contributed by atoms with van der Waals surface area (Å²) in [6.45, 7) is 8.64. The summed E-state index contributed by atoms with van der Waals surface area (Å²) >= 11 is 0. The van der Waals surface area contributed by atoms with Crippen LogP contribution in [0.25, 0.3) is 0 Å². The highest BCUT2D eigenvalue weighted by Gasteiger charge is 2.27. The van der Waals surface area contributed by atoms with E-state index in [1.807, 2.05) is 13.8 Å². The third-order valence-electron chi connectivity index (χ3n) is 4.22. The Balaban J connectivity index is 1.73. The van der Waals surface area contributed by atoms with Gasteiger partial charge in [0.15, 0.2) is 0 Å². The molecule has 1 aromatic heterocycles. The number of nitrogens with zero attached hydrogens (tertiary/aromatic N) is 1. The van der Waals surface area contributed by atoms with E-state index in [4.69, 9.17) is 4.42 Å². The number of rotatable bonds is 6. The molecule has 0 spiro atoms. The first kappa shape index (κ1) is 17.8. The van der Waals surface area contributed by atoms with Gasteiger partial charge in [0.1, 0.15) is 17.1 Å². The first-order valence-corrected chi connectivity index (χ1v) is 8.43. The highest BCUT2D eigenvalue weighted by molar-refractivity contribution is 5.74. The monoisotopic (exact) mass is 323 g/mol. The van der Waals surface area contributed by atoms with E-state index in [1.165, 1.54) is 19.3 Å². The van der Waals surface area contributed by atoms with Gasteiger partial charge in [0, 0.05) is 12.6 Å². The van der Waals surface area contributed by atoms with E-state index in [1.54, 1.807) is 19.1 Å². The van der Waals surface area contributed by atoms with Gasteiger partial charge in [-0.15, -0.1) is 0 Å². The summed E-state index contributed by atoms with van der Waals surface area (Å²) in [7, 11) is 0. The van der Waals surface area contributed by atoms with Crippen LogP contribution in [0.15, 0.2) is 16.5 Å². The molecule has 2 rings (SSSR count). The zero-order valence-corrected chi connectivity index (χ0v) is 14.4. The second-order valence-electron chi connectivity index (χ2n) is 6.77. The van der Waals surface area contributed by atoms with Crippen LogP contribution < -0.4 is 10.6 Å². The number of piperidine rings is 1. The van der Waals surface area contributed by atoms with Crippen LogP contribution in [0.5, 0.6) is 0 Å². The van der Waals surface area contributed by atoms with E-state index in [2.05, 4.69) is 15.5 Å². The Kier molecular flexibility index (Phi) is 6.07. The minimum atomic E-state index is -1.22. The largest absolute Gasteiger partial charge is 0.463 e. The fraction of sp³-hybridized carbons (Fsp3) is 0.706. The molecular formula is C17H29N3O3. The zero-order valence-electron chi connectivity index (χ0n) is 14.4. The molecule has 2 atom stereocenters. The first-order chi connectivity index (χ1) is 10.9. The lowest BCUT2D eigenvalue weighted by atomic mass is 10.0. The number of carbonyl (C=O) groups is 1. The summed E-state index contributed by atoms with van der Waals surface area (Å²) in [6, 6.07) is 3.33. The minimum Gasteiger partial charge on any atom is -0.463 e. The van der Waals surface area contributed by atoms with E-state index >= 15 is 0 Å². The molecule has 23 heavy (non-hydrogen) atoms. The molecule has 0 bridgehead atoms. The number of hydrogen-bond acceptors (Lipinski definition) is 4. The Bertz CT molecular complexity index is 507. The van der Waals surface area contributed by atoms with Gasteiger partial charge < -0.3 is 25.1 Å². The van der Waals surface area contributed by atoms with E-state index < -0.39 is 5.60 Å². The lowest BCUT2D eigenvalue weighted by Crippen LogP contribution is -2.49. The Labute approximate surface area is 138 Å². The Morgan fingerprint density at radius 1 is 1.39 bits per heavy atom. The van der Waals surface area contributed by atoms with Gasteiger partial charge in [-0.05, 0) is 58.8 Å². The molecule has 130 valence electrons. The number of aryl methyl sites for hydroxylation is 1. The van der Waals surface area contributed by atoms with Crippen molar-refractivity contribution in [3.63, 3.8) is 0 Å². The number of amides is 2. The molecule has 0 aliphatic carbocycles. The summed E-state index contributed by atoms with van der Waals surface area (Å²) in [6.07, 6.45) is 3.79. The zero-order chi connectivity index (χ0) is 16.9. The number of urea groups is 1. The molecule has 0 saturated carbocycles. The van der Waals surface area contributed by atoms with Gasteiger partial charge in [0.05, 0.1) is 6.54 Å². The number of aliphatic hydroxyl groups is 1. The maximum atomic E-state index is 12.0. The van der Waals surface area contributed by atoms with Crippen molar-refractivity contribution in [3.8, 4) is 0 Å². The minimum absolute atomic E-state index is 0.0731. The fourth-order valence-electron chi connectivity index (χ4n) is 2.91. The summed E-state index contributed by atoms with van der Waals surface area (Å²) in [5.41, 5.74) is -1.22. The van der Waals surface area contributed by atoms with Crippen molar-refractivity contribution in [2.45, 2.75) is 51.7 Å². The van der Waals surface area contributed by atoms with E-state index in [0.717, 1.165) is 25.4 Å². The van der Waals surface area contributed by atoms with E-state index in [0.29, 0.717) is 5.76 Å². The van der Waals surface area contributed by atoms with Gasteiger partial charge in [0.25, 0.3) is 0 Å². The summed E-state index contributed by atoms with van der Waals surface area (Å²) in [5, 5.41) is 16.0. The van der Waals surface area contributed by atoms with Crippen LogP contribution in [0, 0.1) is 6.92 Å². The van der Waals surface area contributed by atoms with Crippen molar-refractivity contribution in [2.75, 3.05) is 26.2 Å². The topological polar surface area (TPSA) is 77.7 Å². The molecule has 2 unspecified atom stereocenters. The number of carbonyl (C=O) groups excluding carboxylic acids is 1. The van der Waals surface area contributed by atoms with Crippen molar-refractivity contribution in [1.82, 2.24) is 15.5 Å². The van der Waals surface area contributed by atoms with Gasteiger partial charge in [-0.3, -0.25) is 0 Å². The molecule has 6 heteroatoms. The molecular weight excluding hydrogens is 294 g/mol. The Morgan fingerprint density at radius 3 is 2.70 bits per heavy atom. The average Bonchev–Trinajstić information content (AvgIpc) is 2.94. The number of nitrogens with one attached hydrogen (secondary N) is 2. The van der Waals surface area contributed by atoms with Crippen LogP contribution in [0.2, 0.25) is 0 Å². The fourth-order valence-corrected chi connectivity index (χ4v) is 2.91. The molecule has 3 N–H and O–H groups in total. The standard InChI is InChI=1S/C17H29N3O3/c1-13(11-20-9-5-4-6-10-20)19-16(21)18-12-17(3,22)15-8-7-14(2)23-15/h7-8,13,22H,4-6,9-12H2,1-3H3,(H2,18,19,21). The van der Waals surface area contributed by atoms with Crippen molar-refractivity contribution in [1.29, 1.82) is 0 Å². The predicted molar refractivity (Wildman–Crippen MR) is 89.3 cm³/mol. The van der Waals surface area contributed by atoms with Crippen molar-refractivity contribution < 1.29 is 14.3 Å². The molecule has 0 aromatic carbocycles. The second-order valence-corrected chi connectivity index (χ2v) is 6.77. The van der Waals surface area contributed by atoms with Crippen molar-refractivity contribution >= 4 is 6.03 Å². The molecule has 1 fully saturated rings. The summed E-state index contributed by atoms with van der Waals surface area (Å²) < 4.78 is 5.43. The van der Waals surface area contributed by atoms with E-state index in [9.17, 15) is 9.90 Å². The molecule has 0 radical (unpaired) electrons. The number of furan rings is 1. The van der Waals surface area contributed by atoms with Crippen LogP contribution in [-0.4, -0.2) is 48.3 Å². The quantitative estimate of drug-likeness (QED) is 0.748. The Morgan fingerprint density at radius 2 is 2.09 bits per heavy atom. The van der Waals surface area contributed by atoms with E-state index in [-0.39, 0.29) is 18.6 Å². The number of likely N-dealkylation sites (tertiary alicyclic amines) is 1. The van der Waals surface area contributed by atoms with Crippen molar-refractivity contribution in [2.24, 2.45) is 0 Å². The normalized spacial score (nSPS) is 19.8. The third-order valence-corrected chi connectivity index (χ3v) is 4.22. The van der Waals surface area contributed by atoms with Gasteiger partial charge in [0.2, 0.25) is 0 Å². The average molecular weight is 323 g/mol. The van der Waals surface area contributed by atoms with Gasteiger partial charge in [-0.25, -0.2) is 4.79 Å². The SMILES string of the molecule is Cc1ccc(C(C)(O)CNC(=O)NC(C)CN2CCCCC2)o1.